The minimum absolute atomic E-state index is 0.730. The lowest BCUT2D eigenvalue weighted by Gasteiger charge is -2.19. The van der Waals surface area contributed by atoms with Gasteiger partial charge in [0.05, 0.1) is 0 Å². The lowest BCUT2D eigenvalue weighted by Crippen LogP contribution is -2.04. The van der Waals surface area contributed by atoms with Crippen LogP contribution in [0.25, 0.3) is 0 Å². The first-order valence-corrected chi connectivity index (χ1v) is 10.9. The number of hydrogen-bond donors (Lipinski definition) is 0. The van der Waals surface area contributed by atoms with E-state index in [-0.39, 0.29) is 0 Å². The molecule has 2 fully saturated rings. The van der Waals surface area contributed by atoms with Gasteiger partial charge in [0.25, 0.3) is 0 Å². The SMILES string of the molecule is CC(C)C=CCC1CCCCC1.CC(C)CC=CC1CCCCC1. The number of rotatable bonds is 6. The van der Waals surface area contributed by atoms with E-state index in [9.17, 15) is 0 Å². The van der Waals surface area contributed by atoms with Crippen LogP contribution in [0.1, 0.15) is 105 Å². The molecule has 2 aliphatic carbocycles. The molecule has 24 heavy (non-hydrogen) atoms. The van der Waals surface area contributed by atoms with Gasteiger partial charge in [0.1, 0.15) is 0 Å². The number of hydrogen-bond acceptors (Lipinski definition) is 0. The zero-order valence-corrected chi connectivity index (χ0v) is 17.1. The van der Waals surface area contributed by atoms with Gasteiger partial charge >= 0.3 is 0 Å². The Morgan fingerprint density at radius 2 is 1.33 bits per heavy atom. The molecule has 140 valence electrons. The summed E-state index contributed by atoms with van der Waals surface area (Å²) in [5, 5.41) is 0. The van der Waals surface area contributed by atoms with Gasteiger partial charge in [-0.3, -0.25) is 0 Å². The van der Waals surface area contributed by atoms with E-state index in [2.05, 4.69) is 52.0 Å². The van der Waals surface area contributed by atoms with Crippen molar-refractivity contribution >= 4 is 0 Å². The zero-order valence-electron chi connectivity index (χ0n) is 17.1. The van der Waals surface area contributed by atoms with E-state index < -0.39 is 0 Å². The molecule has 0 aromatic carbocycles. The Balaban J connectivity index is 0.000000240. The summed E-state index contributed by atoms with van der Waals surface area (Å²) in [6, 6.07) is 0. The van der Waals surface area contributed by atoms with Crippen LogP contribution >= 0.6 is 0 Å². The summed E-state index contributed by atoms with van der Waals surface area (Å²) < 4.78 is 0. The molecular weight excluding hydrogens is 288 g/mol. The average molecular weight is 333 g/mol. The van der Waals surface area contributed by atoms with Crippen LogP contribution in [-0.4, -0.2) is 0 Å². The van der Waals surface area contributed by atoms with E-state index in [1.807, 2.05) is 0 Å². The van der Waals surface area contributed by atoms with Crippen molar-refractivity contribution in [2.75, 3.05) is 0 Å². The molecule has 0 radical (unpaired) electrons. The summed E-state index contributed by atoms with van der Waals surface area (Å²) in [5.41, 5.74) is 0. The van der Waals surface area contributed by atoms with Crippen molar-refractivity contribution in [3.05, 3.63) is 24.3 Å². The van der Waals surface area contributed by atoms with E-state index >= 15 is 0 Å². The standard InChI is InChI=1S/2C12H22/c2*1-11(2)7-6-10-12-8-4-3-5-9-12/h6,10-12H,3-5,7-9H2,1-2H3;6-7,11-12H,3-5,8-10H2,1-2H3. The minimum atomic E-state index is 0.730. The molecule has 0 spiro atoms. The van der Waals surface area contributed by atoms with Gasteiger partial charge in [-0.1, -0.05) is 103 Å². The minimum Gasteiger partial charge on any atom is -0.0880 e. The van der Waals surface area contributed by atoms with Crippen molar-refractivity contribution in [3.63, 3.8) is 0 Å². The van der Waals surface area contributed by atoms with Gasteiger partial charge in [-0.25, -0.2) is 0 Å². The second-order valence-electron chi connectivity index (χ2n) is 8.87. The molecule has 2 rings (SSSR count). The van der Waals surface area contributed by atoms with Crippen molar-refractivity contribution in [1.29, 1.82) is 0 Å². The highest BCUT2D eigenvalue weighted by molar-refractivity contribution is 4.90. The van der Waals surface area contributed by atoms with Gasteiger partial charge in [-0.05, 0) is 49.4 Å². The summed E-state index contributed by atoms with van der Waals surface area (Å²) in [4.78, 5) is 0. The third-order valence-corrected chi connectivity index (χ3v) is 5.38. The van der Waals surface area contributed by atoms with Crippen LogP contribution in [0.2, 0.25) is 0 Å². The van der Waals surface area contributed by atoms with Gasteiger partial charge in [0.2, 0.25) is 0 Å². The molecule has 0 N–H and O–H groups in total. The summed E-state index contributed by atoms with van der Waals surface area (Å²) in [6.07, 6.45) is 26.8. The zero-order chi connectivity index (χ0) is 17.6. The first-order valence-electron chi connectivity index (χ1n) is 10.9. The van der Waals surface area contributed by atoms with E-state index in [4.69, 9.17) is 0 Å². The Hall–Kier alpha value is -0.520. The summed E-state index contributed by atoms with van der Waals surface area (Å²) in [5.74, 6) is 3.48. The maximum atomic E-state index is 2.46. The van der Waals surface area contributed by atoms with Crippen LogP contribution in [-0.2, 0) is 0 Å². The molecule has 0 bridgehead atoms. The number of allylic oxidation sites excluding steroid dienone is 4. The van der Waals surface area contributed by atoms with Gasteiger partial charge in [0.15, 0.2) is 0 Å². The normalized spacial score (nSPS) is 20.9. The molecule has 0 amide bonds. The second-order valence-corrected chi connectivity index (χ2v) is 8.87. The van der Waals surface area contributed by atoms with Gasteiger partial charge in [-0.15, -0.1) is 0 Å². The van der Waals surface area contributed by atoms with Crippen LogP contribution in [0.5, 0.6) is 0 Å². The molecule has 0 aromatic rings. The van der Waals surface area contributed by atoms with Gasteiger partial charge in [0, 0.05) is 0 Å². The highest BCUT2D eigenvalue weighted by atomic mass is 14.2. The van der Waals surface area contributed by atoms with E-state index in [1.165, 1.54) is 77.0 Å². The largest absolute Gasteiger partial charge is 0.0880 e. The average Bonchev–Trinajstić information content (AvgIpc) is 2.57. The lowest BCUT2D eigenvalue weighted by molar-refractivity contribution is 0.361. The third-order valence-electron chi connectivity index (χ3n) is 5.38. The quantitative estimate of drug-likeness (QED) is 0.429. The van der Waals surface area contributed by atoms with Crippen molar-refractivity contribution < 1.29 is 0 Å². The smallest absolute Gasteiger partial charge is 0.0234 e. The fourth-order valence-corrected chi connectivity index (χ4v) is 3.84. The summed E-state index contributed by atoms with van der Waals surface area (Å²) >= 11 is 0. The van der Waals surface area contributed by atoms with Crippen molar-refractivity contribution in [1.82, 2.24) is 0 Å². The predicted molar refractivity (Wildman–Crippen MR) is 110 cm³/mol. The first-order chi connectivity index (χ1) is 11.6. The van der Waals surface area contributed by atoms with Gasteiger partial charge in [-0.2, -0.15) is 0 Å². The van der Waals surface area contributed by atoms with Crippen LogP contribution in [0.15, 0.2) is 24.3 Å². The molecule has 0 atom stereocenters. The maximum Gasteiger partial charge on any atom is -0.0234 e. The Morgan fingerprint density at radius 3 is 1.88 bits per heavy atom. The third kappa shape index (κ3) is 11.9. The molecule has 0 saturated heterocycles. The van der Waals surface area contributed by atoms with E-state index in [0.717, 1.165) is 23.7 Å². The van der Waals surface area contributed by atoms with E-state index in [1.54, 1.807) is 0 Å². The highest BCUT2D eigenvalue weighted by Crippen LogP contribution is 2.26. The maximum absolute atomic E-state index is 2.46. The monoisotopic (exact) mass is 332 g/mol. The molecule has 0 unspecified atom stereocenters. The van der Waals surface area contributed by atoms with Crippen LogP contribution < -0.4 is 0 Å². The summed E-state index contributed by atoms with van der Waals surface area (Å²) in [7, 11) is 0. The topological polar surface area (TPSA) is 0 Å². The predicted octanol–water partition coefficient (Wildman–Crippen LogP) is 8.34. The van der Waals surface area contributed by atoms with Crippen molar-refractivity contribution in [2.45, 2.75) is 105 Å². The van der Waals surface area contributed by atoms with Crippen LogP contribution in [0.4, 0.5) is 0 Å². The second kappa shape index (κ2) is 13.7. The van der Waals surface area contributed by atoms with E-state index in [0.29, 0.717) is 0 Å². The van der Waals surface area contributed by atoms with Crippen molar-refractivity contribution in [2.24, 2.45) is 23.7 Å². The summed E-state index contributed by atoms with van der Waals surface area (Å²) in [6.45, 7) is 9.06. The highest BCUT2D eigenvalue weighted by Gasteiger charge is 2.11. The lowest BCUT2D eigenvalue weighted by atomic mass is 9.87. The molecule has 0 nitrogen and oxygen atoms in total. The molecular formula is C24H44. The Bertz CT molecular complexity index is 322. The molecule has 2 saturated carbocycles. The molecule has 0 heterocycles. The van der Waals surface area contributed by atoms with Gasteiger partial charge < -0.3 is 0 Å². The first kappa shape index (κ1) is 21.5. The molecule has 0 heteroatoms. The Morgan fingerprint density at radius 1 is 0.750 bits per heavy atom. The molecule has 2 aliphatic rings. The van der Waals surface area contributed by atoms with Crippen LogP contribution in [0, 0.1) is 23.7 Å². The fourth-order valence-electron chi connectivity index (χ4n) is 3.84. The fraction of sp³-hybridized carbons (Fsp3) is 0.833. The molecule has 0 aromatic heterocycles. The van der Waals surface area contributed by atoms with Crippen LogP contribution in [0.3, 0.4) is 0 Å². The Labute approximate surface area is 153 Å². The molecule has 0 aliphatic heterocycles. The van der Waals surface area contributed by atoms with Crippen molar-refractivity contribution in [3.8, 4) is 0 Å². The Kier molecular flexibility index (Phi) is 12.3.